The molecule has 0 spiro atoms. The van der Waals surface area contributed by atoms with Crippen molar-refractivity contribution in [3.63, 3.8) is 0 Å². The monoisotopic (exact) mass is 254 g/mol. The Balaban J connectivity index is 1.93. The molecule has 0 saturated heterocycles. The lowest BCUT2D eigenvalue weighted by Crippen LogP contribution is -2.22. The van der Waals surface area contributed by atoms with E-state index in [9.17, 15) is 0 Å². The summed E-state index contributed by atoms with van der Waals surface area (Å²) in [6.45, 7) is 0. The maximum atomic E-state index is 5.55. The van der Waals surface area contributed by atoms with Gasteiger partial charge in [0.2, 0.25) is 0 Å². The predicted molar refractivity (Wildman–Crippen MR) is 72.0 cm³/mol. The molecule has 3 aromatic rings. The van der Waals surface area contributed by atoms with Crippen LogP contribution in [0.5, 0.6) is 0 Å². The van der Waals surface area contributed by atoms with Gasteiger partial charge in [-0.05, 0) is 5.56 Å². The lowest BCUT2D eigenvalue weighted by Gasteiger charge is -2.01. The fraction of sp³-hybridized carbons (Fsp3) is 0.154. The number of imidazole rings is 1. The predicted octanol–water partition coefficient (Wildman–Crippen LogP) is 0.860. The Kier molecular flexibility index (Phi) is 2.94. The lowest BCUT2D eigenvalue weighted by molar-refractivity contribution is 0.710. The summed E-state index contributed by atoms with van der Waals surface area (Å²) in [6, 6.07) is 10.1. The maximum absolute atomic E-state index is 5.55. The van der Waals surface area contributed by atoms with E-state index < -0.39 is 6.17 Å². The first-order valence-corrected chi connectivity index (χ1v) is 5.99. The van der Waals surface area contributed by atoms with Gasteiger partial charge in [-0.3, -0.25) is 0 Å². The summed E-state index contributed by atoms with van der Waals surface area (Å²) in [4.78, 5) is 16.0. The van der Waals surface area contributed by atoms with Crippen molar-refractivity contribution >= 4 is 11.2 Å². The molecule has 0 aliphatic heterocycles. The second-order valence-electron chi connectivity index (χ2n) is 4.34. The van der Waals surface area contributed by atoms with Crippen LogP contribution in [0.1, 0.15) is 23.4 Å². The molecule has 2 heterocycles. The van der Waals surface area contributed by atoms with Crippen LogP contribution in [0.25, 0.3) is 11.2 Å². The molecule has 0 saturated carbocycles. The van der Waals surface area contributed by atoms with Gasteiger partial charge in [-0.1, -0.05) is 30.3 Å². The first-order chi connectivity index (χ1) is 9.22. The van der Waals surface area contributed by atoms with E-state index in [0.29, 0.717) is 11.5 Å². The van der Waals surface area contributed by atoms with Crippen molar-refractivity contribution in [2.45, 2.75) is 12.6 Å². The molecule has 19 heavy (non-hydrogen) atoms. The normalized spacial score (nSPS) is 11.3. The quantitative estimate of drug-likeness (QED) is 0.601. The van der Waals surface area contributed by atoms with E-state index in [1.165, 1.54) is 5.56 Å². The Bertz CT molecular complexity index is 689. The van der Waals surface area contributed by atoms with Gasteiger partial charge in [0.05, 0.1) is 6.20 Å². The fourth-order valence-corrected chi connectivity index (χ4v) is 1.90. The smallest absolute Gasteiger partial charge is 0.181 e. The number of nitrogens with one attached hydrogen (secondary N) is 1. The molecule has 0 fully saturated rings. The molecule has 0 atom stereocenters. The number of hydrogen-bond acceptors (Lipinski definition) is 5. The van der Waals surface area contributed by atoms with Gasteiger partial charge in [-0.15, -0.1) is 0 Å². The molecule has 3 rings (SSSR count). The second kappa shape index (κ2) is 4.75. The second-order valence-corrected chi connectivity index (χ2v) is 4.34. The Morgan fingerprint density at radius 1 is 1.11 bits per heavy atom. The zero-order chi connectivity index (χ0) is 13.2. The largest absolute Gasteiger partial charge is 0.339 e. The summed E-state index contributed by atoms with van der Waals surface area (Å²) in [5.74, 6) is 1.24. The zero-order valence-corrected chi connectivity index (χ0v) is 10.2. The third-order valence-electron chi connectivity index (χ3n) is 2.82. The average Bonchev–Trinajstić information content (AvgIpc) is 2.80. The van der Waals surface area contributed by atoms with Crippen LogP contribution in [0, 0.1) is 0 Å². The van der Waals surface area contributed by atoms with Gasteiger partial charge in [0.25, 0.3) is 0 Å². The van der Waals surface area contributed by atoms with Gasteiger partial charge in [0, 0.05) is 6.42 Å². The van der Waals surface area contributed by atoms with Crippen molar-refractivity contribution in [2.75, 3.05) is 0 Å². The minimum absolute atomic E-state index is 0.394. The summed E-state index contributed by atoms with van der Waals surface area (Å²) in [7, 11) is 0. The van der Waals surface area contributed by atoms with Gasteiger partial charge in [-0.25, -0.2) is 15.0 Å². The Hall–Kier alpha value is -2.31. The zero-order valence-electron chi connectivity index (χ0n) is 10.2. The molecule has 0 amide bonds. The number of rotatable bonds is 3. The van der Waals surface area contributed by atoms with Crippen LogP contribution in [-0.2, 0) is 6.42 Å². The van der Waals surface area contributed by atoms with Crippen molar-refractivity contribution in [3.8, 4) is 0 Å². The minimum atomic E-state index is -0.682. The van der Waals surface area contributed by atoms with Gasteiger partial charge in [0.15, 0.2) is 11.5 Å². The molecular formula is C13H14N6. The van der Waals surface area contributed by atoms with Crippen LogP contribution in [0.4, 0.5) is 0 Å². The molecule has 96 valence electrons. The van der Waals surface area contributed by atoms with Crippen LogP contribution in [0.15, 0.2) is 36.5 Å². The van der Waals surface area contributed by atoms with E-state index in [2.05, 4.69) is 32.1 Å². The first kappa shape index (κ1) is 11.8. The highest BCUT2D eigenvalue weighted by Crippen LogP contribution is 2.12. The molecule has 0 bridgehead atoms. The van der Waals surface area contributed by atoms with Crippen molar-refractivity contribution in [1.29, 1.82) is 0 Å². The molecule has 6 heteroatoms. The standard InChI is InChI=1S/C13H14N6/c14-11(15)13-16-7-9-12(19-13)18-10(17-9)6-8-4-2-1-3-5-8/h1-5,7,11H,6,14-15H2,(H,16,17,18,19). The Labute approximate surface area is 109 Å². The molecule has 0 radical (unpaired) electrons. The van der Waals surface area contributed by atoms with Crippen LogP contribution >= 0.6 is 0 Å². The van der Waals surface area contributed by atoms with E-state index in [4.69, 9.17) is 11.5 Å². The van der Waals surface area contributed by atoms with Gasteiger partial charge in [-0.2, -0.15) is 0 Å². The molecule has 0 aliphatic rings. The summed E-state index contributed by atoms with van der Waals surface area (Å²) < 4.78 is 0. The average molecular weight is 254 g/mol. The number of benzene rings is 1. The first-order valence-electron chi connectivity index (χ1n) is 5.99. The van der Waals surface area contributed by atoms with Crippen molar-refractivity contribution in [2.24, 2.45) is 11.5 Å². The van der Waals surface area contributed by atoms with Crippen molar-refractivity contribution in [3.05, 3.63) is 53.7 Å². The Morgan fingerprint density at radius 2 is 1.89 bits per heavy atom. The number of hydrogen-bond donors (Lipinski definition) is 3. The fourth-order valence-electron chi connectivity index (χ4n) is 1.90. The van der Waals surface area contributed by atoms with E-state index >= 15 is 0 Å². The van der Waals surface area contributed by atoms with Crippen LogP contribution in [-0.4, -0.2) is 19.9 Å². The van der Waals surface area contributed by atoms with Gasteiger partial charge < -0.3 is 16.5 Å². The SMILES string of the molecule is NC(N)c1ncc2[nH]c(Cc3ccccc3)nc2n1. The molecule has 0 unspecified atom stereocenters. The third kappa shape index (κ3) is 2.44. The molecule has 6 nitrogen and oxygen atoms in total. The Morgan fingerprint density at radius 3 is 2.63 bits per heavy atom. The molecule has 0 aliphatic carbocycles. The van der Waals surface area contributed by atoms with E-state index in [-0.39, 0.29) is 0 Å². The van der Waals surface area contributed by atoms with E-state index in [1.807, 2.05) is 18.2 Å². The highest BCUT2D eigenvalue weighted by atomic mass is 15.1. The third-order valence-corrected chi connectivity index (χ3v) is 2.82. The van der Waals surface area contributed by atoms with Crippen molar-refractivity contribution in [1.82, 2.24) is 19.9 Å². The van der Waals surface area contributed by atoms with E-state index in [0.717, 1.165) is 17.8 Å². The maximum Gasteiger partial charge on any atom is 0.181 e. The topological polar surface area (TPSA) is 106 Å². The van der Waals surface area contributed by atoms with Gasteiger partial charge >= 0.3 is 0 Å². The molecular weight excluding hydrogens is 240 g/mol. The van der Waals surface area contributed by atoms with E-state index in [1.54, 1.807) is 6.20 Å². The van der Waals surface area contributed by atoms with Crippen LogP contribution < -0.4 is 11.5 Å². The highest BCUT2D eigenvalue weighted by molar-refractivity contribution is 5.69. The minimum Gasteiger partial charge on any atom is -0.339 e. The van der Waals surface area contributed by atoms with Crippen LogP contribution in [0.3, 0.4) is 0 Å². The number of aromatic amines is 1. The molecule has 1 aromatic carbocycles. The summed E-state index contributed by atoms with van der Waals surface area (Å²) in [5.41, 5.74) is 13.7. The number of H-pyrrole nitrogens is 1. The summed E-state index contributed by atoms with van der Waals surface area (Å²) in [6.07, 6.45) is 1.70. The highest BCUT2D eigenvalue weighted by Gasteiger charge is 2.09. The summed E-state index contributed by atoms with van der Waals surface area (Å²) >= 11 is 0. The van der Waals surface area contributed by atoms with Crippen LogP contribution in [0.2, 0.25) is 0 Å². The van der Waals surface area contributed by atoms with Gasteiger partial charge in [0.1, 0.15) is 17.5 Å². The number of aromatic nitrogens is 4. The molecule has 2 aromatic heterocycles. The lowest BCUT2D eigenvalue weighted by atomic mass is 10.1. The molecule has 5 N–H and O–H groups in total. The van der Waals surface area contributed by atoms with Crippen molar-refractivity contribution < 1.29 is 0 Å². The number of nitrogens with zero attached hydrogens (tertiary/aromatic N) is 3. The number of nitrogens with two attached hydrogens (primary N) is 2. The summed E-state index contributed by atoms with van der Waals surface area (Å²) in [5, 5.41) is 0. The number of fused-ring (bicyclic) bond motifs is 1.